The van der Waals surface area contributed by atoms with Crippen LogP contribution in [0.25, 0.3) is 0 Å². The molecule has 1 rings (SSSR count). The number of imide groups is 1. The van der Waals surface area contributed by atoms with Gasteiger partial charge in [-0.25, -0.2) is 4.79 Å². The van der Waals surface area contributed by atoms with E-state index in [2.05, 4.69) is 10.6 Å². The van der Waals surface area contributed by atoms with Crippen LogP contribution in [-0.2, 0) is 9.59 Å². The lowest BCUT2D eigenvalue weighted by atomic mass is 10.0. The van der Waals surface area contributed by atoms with Crippen molar-refractivity contribution in [2.75, 3.05) is 13.1 Å². The third-order valence-electron chi connectivity index (χ3n) is 2.99. The molecule has 18 heavy (non-hydrogen) atoms. The van der Waals surface area contributed by atoms with Gasteiger partial charge in [0.05, 0.1) is 0 Å². The number of amides is 4. The topological polar surface area (TPSA) is 105 Å². The number of carbonyl (C=O) groups excluding carboxylic acids is 3. The van der Waals surface area contributed by atoms with Crippen molar-refractivity contribution in [3.05, 3.63) is 0 Å². The Hall–Kier alpha value is -1.63. The van der Waals surface area contributed by atoms with E-state index in [0.717, 1.165) is 0 Å². The van der Waals surface area contributed by atoms with E-state index in [1.807, 2.05) is 0 Å². The number of rotatable bonds is 4. The summed E-state index contributed by atoms with van der Waals surface area (Å²) in [6.45, 7) is 6.86. The Morgan fingerprint density at radius 1 is 1.44 bits per heavy atom. The summed E-state index contributed by atoms with van der Waals surface area (Å²) in [5, 5.41) is 4.89. The summed E-state index contributed by atoms with van der Waals surface area (Å²) in [5.74, 6) is -0.748. The van der Waals surface area contributed by atoms with Crippen molar-refractivity contribution >= 4 is 17.8 Å². The molecular formula is C11H20N4O3. The molecule has 102 valence electrons. The van der Waals surface area contributed by atoms with Crippen molar-refractivity contribution in [1.29, 1.82) is 0 Å². The molecule has 1 fully saturated rings. The first-order chi connectivity index (χ1) is 8.10. The maximum absolute atomic E-state index is 11.8. The average molecular weight is 256 g/mol. The second kappa shape index (κ2) is 4.56. The Balaban J connectivity index is 2.71. The SMILES string of the molecule is CC(C)(CN)NC(=O)CN1C(=O)NC(=O)C1(C)C. The van der Waals surface area contributed by atoms with Gasteiger partial charge in [0.1, 0.15) is 12.1 Å². The van der Waals surface area contributed by atoms with Crippen molar-refractivity contribution in [2.45, 2.75) is 38.8 Å². The Labute approximate surface area is 106 Å². The first-order valence-corrected chi connectivity index (χ1v) is 5.74. The molecule has 4 amide bonds. The first kappa shape index (κ1) is 14.4. The largest absolute Gasteiger partial charge is 0.348 e. The zero-order valence-electron chi connectivity index (χ0n) is 11.2. The minimum absolute atomic E-state index is 0.173. The van der Waals surface area contributed by atoms with Gasteiger partial charge in [-0.05, 0) is 27.7 Å². The van der Waals surface area contributed by atoms with Gasteiger partial charge < -0.3 is 16.0 Å². The quantitative estimate of drug-likeness (QED) is 0.571. The fourth-order valence-corrected chi connectivity index (χ4v) is 1.58. The molecule has 7 nitrogen and oxygen atoms in total. The lowest BCUT2D eigenvalue weighted by Gasteiger charge is -2.30. The summed E-state index contributed by atoms with van der Waals surface area (Å²) in [7, 11) is 0. The molecule has 0 aromatic heterocycles. The van der Waals surface area contributed by atoms with Crippen LogP contribution in [0, 0.1) is 0 Å². The van der Waals surface area contributed by atoms with E-state index >= 15 is 0 Å². The maximum Gasteiger partial charge on any atom is 0.325 e. The summed E-state index contributed by atoms with van der Waals surface area (Å²) in [6.07, 6.45) is 0. The molecule has 4 N–H and O–H groups in total. The Bertz CT molecular complexity index is 390. The molecular weight excluding hydrogens is 236 g/mol. The normalized spacial score (nSPS) is 18.8. The number of hydrogen-bond acceptors (Lipinski definition) is 4. The van der Waals surface area contributed by atoms with Crippen LogP contribution in [0.15, 0.2) is 0 Å². The second-order valence-electron chi connectivity index (χ2n) is 5.54. The molecule has 0 aliphatic carbocycles. The van der Waals surface area contributed by atoms with Crippen molar-refractivity contribution < 1.29 is 14.4 Å². The van der Waals surface area contributed by atoms with Crippen LogP contribution in [0.1, 0.15) is 27.7 Å². The van der Waals surface area contributed by atoms with Crippen LogP contribution in [0.4, 0.5) is 4.79 Å². The molecule has 1 saturated heterocycles. The van der Waals surface area contributed by atoms with Crippen LogP contribution >= 0.6 is 0 Å². The summed E-state index contributed by atoms with van der Waals surface area (Å²) >= 11 is 0. The van der Waals surface area contributed by atoms with Crippen LogP contribution in [0.5, 0.6) is 0 Å². The third kappa shape index (κ3) is 2.79. The van der Waals surface area contributed by atoms with E-state index in [1.165, 1.54) is 4.90 Å². The molecule has 0 aromatic carbocycles. The maximum atomic E-state index is 11.8. The van der Waals surface area contributed by atoms with E-state index in [0.29, 0.717) is 0 Å². The Morgan fingerprint density at radius 3 is 2.39 bits per heavy atom. The zero-order valence-corrected chi connectivity index (χ0v) is 11.2. The van der Waals surface area contributed by atoms with Gasteiger partial charge in [-0.3, -0.25) is 14.9 Å². The van der Waals surface area contributed by atoms with Crippen molar-refractivity contribution in [3.8, 4) is 0 Å². The lowest BCUT2D eigenvalue weighted by molar-refractivity contribution is -0.127. The fourth-order valence-electron chi connectivity index (χ4n) is 1.58. The van der Waals surface area contributed by atoms with Gasteiger partial charge in [0.15, 0.2) is 0 Å². The van der Waals surface area contributed by atoms with Gasteiger partial charge in [0.2, 0.25) is 5.91 Å². The Kier molecular flexibility index (Phi) is 3.66. The van der Waals surface area contributed by atoms with Crippen LogP contribution in [0.2, 0.25) is 0 Å². The summed E-state index contributed by atoms with van der Waals surface area (Å²) < 4.78 is 0. The molecule has 0 bridgehead atoms. The summed E-state index contributed by atoms with van der Waals surface area (Å²) in [6, 6.07) is -0.550. The van der Waals surface area contributed by atoms with Gasteiger partial charge in [0, 0.05) is 12.1 Å². The number of nitrogens with two attached hydrogens (primary N) is 1. The van der Waals surface area contributed by atoms with E-state index in [1.54, 1.807) is 27.7 Å². The highest BCUT2D eigenvalue weighted by Gasteiger charge is 2.46. The molecule has 1 heterocycles. The number of nitrogens with one attached hydrogen (secondary N) is 2. The highest BCUT2D eigenvalue weighted by Crippen LogP contribution is 2.20. The third-order valence-corrected chi connectivity index (χ3v) is 2.99. The van der Waals surface area contributed by atoms with Crippen molar-refractivity contribution in [1.82, 2.24) is 15.5 Å². The van der Waals surface area contributed by atoms with Crippen molar-refractivity contribution in [3.63, 3.8) is 0 Å². The van der Waals surface area contributed by atoms with E-state index < -0.39 is 23.0 Å². The van der Waals surface area contributed by atoms with Crippen LogP contribution in [-0.4, -0.2) is 46.9 Å². The molecule has 0 atom stereocenters. The van der Waals surface area contributed by atoms with E-state index in [-0.39, 0.29) is 19.0 Å². The highest BCUT2D eigenvalue weighted by atomic mass is 16.2. The van der Waals surface area contributed by atoms with E-state index in [9.17, 15) is 14.4 Å². The van der Waals surface area contributed by atoms with Crippen LogP contribution < -0.4 is 16.4 Å². The standard InChI is InChI=1S/C11H20N4O3/c1-10(2,6-12)14-7(16)5-15-9(18)13-8(17)11(15,3)4/h5-6,12H2,1-4H3,(H,14,16)(H,13,17,18). The van der Waals surface area contributed by atoms with Gasteiger partial charge in [0.25, 0.3) is 5.91 Å². The van der Waals surface area contributed by atoms with Gasteiger partial charge in [-0.2, -0.15) is 0 Å². The summed E-state index contributed by atoms with van der Waals surface area (Å²) in [4.78, 5) is 36.1. The monoisotopic (exact) mass is 256 g/mol. The molecule has 1 aliphatic heterocycles. The molecule has 0 unspecified atom stereocenters. The van der Waals surface area contributed by atoms with E-state index in [4.69, 9.17) is 5.73 Å². The lowest BCUT2D eigenvalue weighted by Crippen LogP contribution is -2.54. The molecule has 7 heteroatoms. The number of carbonyl (C=O) groups is 3. The molecule has 0 radical (unpaired) electrons. The van der Waals surface area contributed by atoms with Gasteiger partial charge in [-0.1, -0.05) is 0 Å². The predicted octanol–water partition coefficient (Wildman–Crippen LogP) is -0.830. The van der Waals surface area contributed by atoms with Gasteiger partial charge >= 0.3 is 6.03 Å². The number of hydrogen-bond donors (Lipinski definition) is 3. The molecule has 0 aromatic rings. The number of nitrogens with zero attached hydrogens (tertiary/aromatic N) is 1. The molecule has 1 aliphatic rings. The minimum Gasteiger partial charge on any atom is -0.348 e. The summed E-state index contributed by atoms with van der Waals surface area (Å²) in [5.41, 5.74) is 3.95. The smallest absolute Gasteiger partial charge is 0.325 e. The highest BCUT2D eigenvalue weighted by molar-refractivity contribution is 6.07. The molecule has 0 saturated carbocycles. The fraction of sp³-hybridized carbons (Fsp3) is 0.727. The van der Waals surface area contributed by atoms with Crippen molar-refractivity contribution in [2.24, 2.45) is 5.73 Å². The Morgan fingerprint density at radius 2 is 2.00 bits per heavy atom. The minimum atomic E-state index is -1.01. The predicted molar refractivity (Wildman–Crippen MR) is 65.6 cm³/mol. The average Bonchev–Trinajstić information content (AvgIpc) is 2.41. The van der Waals surface area contributed by atoms with Gasteiger partial charge in [-0.15, -0.1) is 0 Å². The molecule has 0 spiro atoms. The number of urea groups is 1. The van der Waals surface area contributed by atoms with Crippen LogP contribution in [0.3, 0.4) is 0 Å². The zero-order chi connectivity index (χ0) is 14.1. The second-order valence-corrected chi connectivity index (χ2v) is 5.54. The first-order valence-electron chi connectivity index (χ1n) is 5.74.